The minimum absolute atomic E-state index is 0.431. The standard InChI is InChI=1S/C20H13BrF3NO3S/c1-27-13-3-2-4-14-17(13)11-6-5-10(20(22,23)19(26)25-24)9-12(11)18(28-14)15-7-8-16(21)29-15/h2-9,18H,1H3,(H,25,26). The highest BCUT2D eigenvalue weighted by Crippen LogP contribution is 2.50. The summed E-state index contributed by atoms with van der Waals surface area (Å²) in [6.45, 7) is 0. The predicted molar refractivity (Wildman–Crippen MR) is 106 cm³/mol. The molecule has 4 rings (SSSR count). The minimum Gasteiger partial charge on any atom is -0.496 e. The summed E-state index contributed by atoms with van der Waals surface area (Å²) >= 11 is 4.80. The SMILES string of the molecule is COc1cccc2c1-c1ccc(C(F)(F)C(=O)NF)cc1C(c1ccc(Br)s1)O2. The number of methoxy groups -OCH3 is 1. The number of rotatable bonds is 4. The van der Waals surface area contributed by atoms with Crippen LogP contribution in [0.2, 0.25) is 0 Å². The van der Waals surface area contributed by atoms with Crippen LogP contribution in [0.15, 0.2) is 52.3 Å². The van der Waals surface area contributed by atoms with E-state index < -0.39 is 23.5 Å². The smallest absolute Gasteiger partial charge is 0.352 e. The fraction of sp³-hybridized carbons (Fsp3) is 0.150. The van der Waals surface area contributed by atoms with Gasteiger partial charge in [0.25, 0.3) is 0 Å². The number of thiophene rings is 1. The Morgan fingerprint density at radius 3 is 2.69 bits per heavy atom. The van der Waals surface area contributed by atoms with Crippen molar-refractivity contribution in [2.75, 3.05) is 7.11 Å². The van der Waals surface area contributed by atoms with Gasteiger partial charge in [0.1, 0.15) is 11.5 Å². The Morgan fingerprint density at radius 1 is 1.24 bits per heavy atom. The van der Waals surface area contributed by atoms with E-state index >= 15 is 0 Å². The molecule has 1 aromatic heterocycles. The van der Waals surface area contributed by atoms with E-state index in [1.165, 1.54) is 30.6 Å². The van der Waals surface area contributed by atoms with Gasteiger partial charge in [0, 0.05) is 11.1 Å². The fourth-order valence-electron chi connectivity index (χ4n) is 3.31. The number of nitrogens with one attached hydrogen (secondary N) is 1. The molecule has 150 valence electrons. The maximum absolute atomic E-state index is 14.4. The molecule has 0 fully saturated rings. The quantitative estimate of drug-likeness (QED) is 0.479. The lowest BCUT2D eigenvalue weighted by atomic mass is 9.89. The molecule has 0 saturated carbocycles. The van der Waals surface area contributed by atoms with Gasteiger partial charge >= 0.3 is 11.8 Å². The molecule has 1 N–H and O–H groups in total. The molecule has 4 nitrogen and oxygen atoms in total. The van der Waals surface area contributed by atoms with Gasteiger partial charge in [-0.25, -0.2) is 0 Å². The number of carbonyl (C=O) groups excluding carboxylic acids is 1. The predicted octanol–water partition coefficient (Wildman–Crippen LogP) is 5.76. The average molecular weight is 484 g/mol. The summed E-state index contributed by atoms with van der Waals surface area (Å²) < 4.78 is 53.6. The normalized spacial score (nSPS) is 15.1. The van der Waals surface area contributed by atoms with Crippen LogP contribution in [0.4, 0.5) is 13.3 Å². The first kappa shape index (κ1) is 19.8. The van der Waals surface area contributed by atoms with E-state index in [2.05, 4.69) is 15.9 Å². The molecule has 1 aliphatic heterocycles. The molecule has 2 aromatic carbocycles. The van der Waals surface area contributed by atoms with Gasteiger partial charge < -0.3 is 9.47 Å². The zero-order valence-corrected chi connectivity index (χ0v) is 17.2. The Balaban J connectivity index is 1.94. The lowest BCUT2D eigenvalue weighted by molar-refractivity contribution is -0.151. The molecule has 3 aromatic rings. The third-order valence-corrected chi connectivity index (χ3v) is 6.31. The molecule has 1 atom stereocenters. The van der Waals surface area contributed by atoms with Gasteiger partial charge in [-0.2, -0.15) is 14.3 Å². The molecule has 0 radical (unpaired) electrons. The summed E-state index contributed by atoms with van der Waals surface area (Å²) in [6, 6.07) is 12.7. The number of halogens is 4. The van der Waals surface area contributed by atoms with Gasteiger partial charge in [-0.15, -0.1) is 15.8 Å². The molecular formula is C20H13BrF3NO3S. The van der Waals surface area contributed by atoms with Crippen LogP contribution in [-0.2, 0) is 10.7 Å². The lowest BCUT2D eigenvalue weighted by Gasteiger charge is -2.30. The van der Waals surface area contributed by atoms with Crippen molar-refractivity contribution in [1.82, 2.24) is 5.54 Å². The molecule has 0 spiro atoms. The molecule has 0 saturated heterocycles. The molecule has 0 bridgehead atoms. The first-order chi connectivity index (χ1) is 13.9. The third-order valence-electron chi connectivity index (χ3n) is 4.64. The van der Waals surface area contributed by atoms with Crippen LogP contribution < -0.4 is 15.0 Å². The number of alkyl halides is 2. The largest absolute Gasteiger partial charge is 0.496 e. The second-order valence-corrected chi connectivity index (χ2v) is 8.77. The molecule has 1 unspecified atom stereocenters. The summed E-state index contributed by atoms with van der Waals surface area (Å²) in [7, 11) is 1.51. The van der Waals surface area contributed by atoms with E-state index in [9.17, 15) is 18.1 Å². The van der Waals surface area contributed by atoms with E-state index in [4.69, 9.17) is 9.47 Å². The summed E-state index contributed by atoms with van der Waals surface area (Å²) in [5.41, 5.74) is 1.58. The van der Waals surface area contributed by atoms with Crippen LogP contribution in [0.1, 0.15) is 22.1 Å². The average Bonchev–Trinajstić information content (AvgIpc) is 3.17. The van der Waals surface area contributed by atoms with E-state index in [-0.39, 0.29) is 0 Å². The van der Waals surface area contributed by atoms with Crippen molar-refractivity contribution in [2.45, 2.75) is 12.0 Å². The zero-order chi connectivity index (χ0) is 20.8. The molecule has 9 heteroatoms. The number of amides is 1. The Morgan fingerprint density at radius 2 is 2.03 bits per heavy atom. The van der Waals surface area contributed by atoms with Crippen LogP contribution >= 0.6 is 27.3 Å². The van der Waals surface area contributed by atoms with Gasteiger partial charge in [0.15, 0.2) is 6.10 Å². The molecular weight excluding hydrogens is 471 g/mol. The Kier molecular flexibility index (Phi) is 5.04. The van der Waals surface area contributed by atoms with Gasteiger partial charge in [-0.3, -0.25) is 4.79 Å². The zero-order valence-electron chi connectivity index (χ0n) is 14.8. The molecule has 29 heavy (non-hydrogen) atoms. The van der Waals surface area contributed by atoms with Crippen LogP contribution in [-0.4, -0.2) is 13.0 Å². The molecule has 0 aliphatic carbocycles. The maximum Gasteiger partial charge on any atom is 0.352 e. The van der Waals surface area contributed by atoms with Crippen molar-refractivity contribution in [3.05, 3.63) is 68.3 Å². The van der Waals surface area contributed by atoms with Crippen molar-refractivity contribution >= 4 is 33.2 Å². The highest BCUT2D eigenvalue weighted by Gasteiger charge is 2.43. The fourth-order valence-corrected chi connectivity index (χ4v) is 4.78. The second kappa shape index (κ2) is 7.38. The first-order valence-electron chi connectivity index (χ1n) is 8.39. The van der Waals surface area contributed by atoms with E-state index in [0.29, 0.717) is 33.7 Å². The summed E-state index contributed by atoms with van der Waals surface area (Å²) in [4.78, 5) is 12.1. The van der Waals surface area contributed by atoms with Crippen LogP contribution in [0.3, 0.4) is 0 Å². The summed E-state index contributed by atoms with van der Waals surface area (Å²) in [5, 5.41) is 0. The van der Waals surface area contributed by atoms with Crippen LogP contribution in [0, 0.1) is 0 Å². The second-order valence-electron chi connectivity index (χ2n) is 6.27. The Labute approximate surface area is 176 Å². The van der Waals surface area contributed by atoms with Crippen LogP contribution in [0.25, 0.3) is 11.1 Å². The summed E-state index contributed by atoms with van der Waals surface area (Å²) in [6.07, 6.45) is -0.676. The van der Waals surface area contributed by atoms with E-state index in [1.807, 2.05) is 12.1 Å². The van der Waals surface area contributed by atoms with Crippen molar-refractivity contribution in [2.24, 2.45) is 0 Å². The molecule has 1 amide bonds. The van der Waals surface area contributed by atoms with Crippen molar-refractivity contribution in [1.29, 1.82) is 0 Å². The van der Waals surface area contributed by atoms with Crippen molar-refractivity contribution in [3.63, 3.8) is 0 Å². The number of hydrogen-bond donors (Lipinski definition) is 1. The highest BCUT2D eigenvalue weighted by atomic mass is 79.9. The third kappa shape index (κ3) is 3.28. The Bertz CT molecular complexity index is 1100. The highest BCUT2D eigenvalue weighted by molar-refractivity contribution is 9.11. The minimum atomic E-state index is -4.04. The number of hydrogen-bond acceptors (Lipinski definition) is 4. The number of fused-ring (bicyclic) bond motifs is 3. The van der Waals surface area contributed by atoms with E-state index in [0.717, 1.165) is 14.7 Å². The van der Waals surface area contributed by atoms with Crippen molar-refractivity contribution in [3.8, 4) is 22.6 Å². The number of ether oxygens (including phenoxy) is 2. The topological polar surface area (TPSA) is 47.6 Å². The maximum atomic E-state index is 14.4. The van der Waals surface area contributed by atoms with E-state index in [1.54, 1.807) is 18.2 Å². The monoisotopic (exact) mass is 483 g/mol. The van der Waals surface area contributed by atoms with Crippen LogP contribution in [0.5, 0.6) is 11.5 Å². The summed E-state index contributed by atoms with van der Waals surface area (Å²) in [5.74, 6) is -4.99. The number of benzene rings is 2. The lowest BCUT2D eigenvalue weighted by Crippen LogP contribution is -2.34. The van der Waals surface area contributed by atoms with Gasteiger partial charge in [0.05, 0.1) is 21.3 Å². The first-order valence-corrected chi connectivity index (χ1v) is 10.0. The Hall–Kier alpha value is -2.52. The number of carbonyl (C=O) groups is 1. The molecule has 2 heterocycles. The molecule has 1 aliphatic rings. The van der Waals surface area contributed by atoms with Gasteiger partial charge in [-0.05, 0) is 51.8 Å². The van der Waals surface area contributed by atoms with Crippen molar-refractivity contribution < 1.29 is 27.5 Å². The van der Waals surface area contributed by atoms with Gasteiger partial charge in [-0.1, -0.05) is 18.2 Å². The van der Waals surface area contributed by atoms with Gasteiger partial charge in [0.2, 0.25) is 0 Å².